The molecule has 3 unspecified atom stereocenters. The van der Waals surface area contributed by atoms with Crippen LogP contribution in [0, 0.1) is 5.92 Å². The Morgan fingerprint density at radius 1 is 1.00 bits per heavy atom. The standard InChI is InChI=1S/C31H53N3O4S/c1-10-12-20-32-28(35)27(25-17-15-24(11-2)16-18-25)34(23(5)14-13-22(3)4)29(36)26(19-21-39-9)33-30(37)38-31(6,7)8/h15-18,22-23,26-27H,10-14,19-21H2,1-9H3,(H,32,35)(H,33,37). The number of amides is 3. The molecule has 0 saturated heterocycles. The first-order chi connectivity index (χ1) is 18.3. The third-order valence-electron chi connectivity index (χ3n) is 6.55. The number of thioether (sulfide) groups is 1. The minimum absolute atomic E-state index is 0.196. The van der Waals surface area contributed by atoms with Gasteiger partial charge in [0.2, 0.25) is 11.8 Å². The van der Waals surface area contributed by atoms with Gasteiger partial charge in [-0.15, -0.1) is 0 Å². The number of nitrogens with zero attached hydrogens (tertiary/aromatic N) is 1. The Hall–Kier alpha value is -2.22. The molecule has 0 aliphatic heterocycles. The number of aryl methyl sites for hydroxylation is 1. The van der Waals surface area contributed by atoms with Gasteiger partial charge in [0.25, 0.3) is 0 Å². The number of carbonyl (C=O) groups is 3. The molecule has 39 heavy (non-hydrogen) atoms. The van der Waals surface area contributed by atoms with E-state index in [1.807, 2.05) is 37.4 Å². The Labute approximate surface area is 241 Å². The first kappa shape index (κ1) is 34.8. The number of unbranched alkanes of at least 4 members (excludes halogenated alkanes) is 1. The molecule has 0 aliphatic rings. The highest BCUT2D eigenvalue weighted by Gasteiger charge is 2.38. The van der Waals surface area contributed by atoms with Crippen LogP contribution in [0.25, 0.3) is 0 Å². The van der Waals surface area contributed by atoms with Crippen molar-refractivity contribution in [3.63, 3.8) is 0 Å². The highest BCUT2D eigenvalue weighted by Crippen LogP contribution is 2.28. The number of nitrogens with one attached hydrogen (secondary N) is 2. The van der Waals surface area contributed by atoms with Gasteiger partial charge in [-0.25, -0.2) is 4.79 Å². The second-order valence-electron chi connectivity index (χ2n) is 11.7. The Bertz CT molecular complexity index is 883. The van der Waals surface area contributed by atoms with Crippen molar-refractivity contribution in [1.82, 2.24) is 15.5 Å². The van der Waals surface area contributed by atoms with E-state index >= 15 is 0 Å². The summed E-state index contributed by atoms with van der Waals surface area (Å²) in [4.78, 5) is 42.6. The number of alkyl carbamates (subject to hydrolysis) is 1. The maximum atomic E-state index is 14.4. The summed E-state index contributed by atoms with van der Waals surface area (Å²) >= 11 is 1.61. The molecule has 222 valence electrons. The van der Waals surface area contributed by atoms with Crippen molar-refractivity contribution in [3.05, 3.63) is 35.4 Å². The number of hydrogen-bond donors (Lipinski definition) is 2. The van der Waals surface area contributed by atoms with E-state index in [-0.39, 0.29) is 17.9 Å². The van der Waals surface area contributed by atoms with Gasteiger partial charge in [0.1, 0.15) is 17.7 Å². The van der Waals surface area contributed by atoms with Crippen LogP contribution in [0.3, 0.4) is 0 Å². The fourth-order valence-electron chi connectivity index (χ4n) is 4.29. The lowest BCUT2D eigenvalue weighted by molar-refractivity contribution is -0.145. The van der Waals surface area contributed by atoms with Crippen molar-refractivity contribution >= 4 is 29.7 Å². The Morgan fingerprint density at radius 3 is 2.15 bits per heavy atom. The van der Waals surface area contributed by atoms with Crippen molar-refractivity contribution in [2.75, 3.05) is 18.6 Å². The molecule has 0 bridgehead atoms. The van der Waals surface area contributed by atoms with E-state index in [9.17, 15) is 14.4 Å². The van der Waals surface area contributed by atoms with Crippen LogP contribution in [0.15, 0.2) is 24.3 Å². The Morgan fingerprint density at radius 2 is 1.64 bits per heavy atom. The van der Waals surface area contributed by atoms with E-state index in [0.717, 1.165) is 37.7 Å². The molecule has 1 aromatic carbocycles. The van der Waals surface area contributed by atoms with Gasteiger partial charge >= 0.3 is 6.09 Å². The fraction of sp³-hybridized carbons (Fsp3) is 0.710. The van der Waals surface area contributed by atoms with Gasteiger partial charge < -0.3 is 20.3 Å². The molecule has 0 spiro atoms. The number of rotatable bonds is 16. The molecule has 0 fully saturated rings. The van der Waals surface area contributed by atoms with Gasteiger partial charge in [-0.05, 0) is 88.9 Å². The molecule has 3 atom stereocenters. The maximum absolute atomic E-state index is 14.4. The summed E-state index contributed by atoms with van der Waals surface area (Å²) in [5.74, 6) is 0.677. The summed E-state index contributed by atoms with van der Waals surface area (Å²) in [6.45, 7) is 16.4. The molecule has 0 heterocycles. The van der Waals surface area contributed by atoms with E-state index in [1.54, 1.807) is 37.4 Å². The number of benzene rings is 1. The largest absolute Gasteiger partial charge is 0.444 e. The minimum atomic E-state index is -0.811. The van der Waals surface area contributed by atoms with Gasteiger partial charge in [-0.2, -0.15) is 11.8 Å². The average Bonchev–Trinajstić information content (AvgIpc) is 2.86. The van der Waals surface area contributed by atoms with E-state index in [4.69, 9.17) is 4.74 Å². The maximum Gasteiger partial charge on any atom is 0.408 e. The Balaban J connectivity index is 3.56. The van der Waals surface area contributed by atoms with Crippen LogP contribution in [0.2, 0.25) is 0 Å². The average molecular weight is 564 g/mol. The first-order valence-corrected chi connectivity index (χ1v) is 15.9. The highest BCUT2D eigenvalue weighted by molar-refractivity contribution is 7.98. The molecule has 0 aliphatic carbocycles. The second kappa shape index (κ2) is 17.5. The molecule has 3 amide bonds. The number of ether oxygens (including phenoxy) is 1. The predicted molar refractivity (Wildman–Crippen MR) is 163 cm³/mol. The zero-order chi connectivity index (χ0) is 29.6. The highest BCUT2D eigenvalue weighted by atomic mass is 32.2. The third-order valence-corrected chi connectivity index (χ3v) is 7.19. The van der Waals surface area contributed by atoms with Crippen LogP contribution in [-0.4, -0.2) is 59.0 Å². The van der Waals surface area contributed by atoms with E-state index in [0.29, 0.717) is 24.6 Å². The predicted octanol–water partition coefficient (Wildman–Crippen LogP) is 6.51. The van der Waals surface area contributed by atoms with Gasteiger partial charge in [0, 0.05) is 12.6 Å². The van der Waals surface area contributed by atoms with Crippen LogP contribution in [0.5, 0.6) is 0 Å². The van der Waals surface area contributed by atoms with Gasteiger partial charge in [-0.3, -0.25) is 9.59 Å². The molecule has 1 aromatic rings. The monoisotopic (exact) mass is 563 g/mol. The molecule has 0 saturated carbocycles. The van der Waals surface area contributed by atoms with Crippen LogP contribution < -0.4 is 10.6 Å². The molecule has 0 radical (unpaired) electrons. The van der Waals surface area contributed by atoms with Crippen molar-refractivity contribution in [3.8, 4) is 0 Å². The normalized spacial score (nSPS) is 13.9. The van der Waals surface area contributed by atoms with Crippen molar-refractivity contribution in [2.24, 2.45) is 5.92 Å². The van der Waals surface area contributed by atoms with Crippen LogP contribution >= 0.6 is 11.8 Å². The van der Waals surface area contributed by atoms with Gasteiger partial charge in [-0.1, -0.05) is 58.4 Å². The van der Waals surface area contributed by atoms with Gasteiger partial charge in [0.05, 0.1) is 0 Å². The molecule has 7 nitrogen and oxygen atoms in total. The summed E-state index contributed by atoms with van der Waals surface area (Å²) in [5.41, 5.74) is 1.25. The minimum Gasteiger partial charge on any atom is -0.444 e. The number of hydrogen-bond acceptors (Lipinski definition) is 5. The van der Waals surface area contributed by atoms with Crippen molar-refractivity contribution in [1.29, 1.82) is 0 Å². The first-order valence-electron chi connectivity index (χ1n) is 14.5. The van der Waals surface area contributed by atoms with Gasteiger partial charge in [0.15, 0.2) is 0 Å². The van der Waals surface area contributed by atoms with Crippen LogP contribution in [0.1, 0.15) is 105 Å². The van der Waals surface area contributed by atoms with Crippen molar-refractivity contribution < 1.29 is 19.1 Å². The van der Waals surface area contributed by atoms with Crippen molar-refractivity contribution in [2.45, 2.75) is 118 Å². The molecular weight excluding hydrogens is 510 g/mol. The topological polar surface area (TPSA) is 87.7 Å². The number of carbonyl (C=O) groups excluding carboxylic acids is 3. The smallest absolute Gasteiger partial charge is 0.408 e. The second-order valence-corrected chi connectivity index (χ2v) is 12.7. The zero-order valence-corrected chi connectivity index (χ0v) is 26.6. The quantitative estimate of drug-likeness (QED) is 0.224. The Kier molecular flexibility index (Phi) is 15.6. The molecule has 2 N–H and O–H groups in total. The molecule has 0 aromatic heterocycles. The zero-order valence-electron chi connectivity index (χ0n) is 25.8. The lowest BCUT2D eigenvalue weighted by atomic mass is 9.96. The summed E-state index contributed by atoms with van der Waals surface area (Å²) in [7, 11) is 0. The summed E-state index contributed by atoms with van der Waals surface area (Å²) in [6.07, 6.45) is 6.14. The lowest BCUT2D eigenvalue weighted by Crippen LogP contribution is -2.55. The molecule has 8 heteroatoms. The third kappa shape index (κ3) is 12.7. The summed E-state index contributed by atoms with van der Waals surface area (Å²) in [5, 5.41) is 5.90. The van der Waals surface area contributed by atoms with Crippen LogP contribution in [-0.2, 0) is 20.7 Å². The van der Waals surface area contributed by atoms with E-state index < -0.39 is 23.8 Å². The summed E-state index contributed by atoms with van der Waals surface area (Å²) in [6, 6.07) is 6.12. The van der Waals surface area contributed by atoms with E-state index in [2.05, 4.69) is 38.3 Å². The summed E-state index contributed by atoms with van der Waals surface area (Å²) < 4.78 is 5.49. The SMILES string of the molecule is CCCCNC(=O)C(c1ccc(CC)cc1)N(C(=O)C(CCSC)NC(=O)OC(C)(C)C)C(C)CCC(C)C. The molecular formula is C31H53N3O4S. The lowest BCUT2D eigenvalue weighted by Gasteiger charge is -2.39. The fourth-order valence-corrected chi connectivity index (χ4v) is 4.77. The van der Waals surface area contributed by atoms with E-state index in [1.165, 1.54) is 5.56 Å². The molecule has 1 rings (SSSR count). The van der Waals surface area contributed by atoms with Crippen LogP contribution in [0.4, 0.5) is 4.79 Å².